The topological polar surface area (TPSA) is 49.2 Å². The molecule has 1 saturated carbocycles. The van der Waals surface area contributed by atoms with Crippen LogP contribution in [0.25, 0.3) is 0 Å². The van der Waals surface area contributed by atoms with E-state index in [0.717, 1.165) is 32.2 Å². The lowest BCUT2D eigenvalue weighted by Gasteiger charge is -2.40. The van der Waals surface area contributed by atoms with E-state index in [1.807, 2.05) is 11.8 Å². The molecule has 3 atom stereocenters. The molecule has 0 bridgehead atoms. The molecule has 1 aromatic rings. The van der Waals surface area contributed by atoms with Gasteiger partial charge in [0.1, 0.15) is 6.33 Å². The summed E-state index contributed by atoms with van der Waals surface area (Å²) in [5.41, 5.74) is -0.582. The Morgan fingerprint density at radius 3 is 3.11 bits per heavy atom. The SMILES string of the molecule is CC[C@]1(O)CCC[C@H]2CN(c3ncncc3F)C[C@H]21. The summed E-state index contributed by atoms with van der Waals surface area (Å²) in [6, 6.07) is 0. The van der Waals surface area contributed by atoms with Crippen molar-refractivity contribution in [2.45, 2.75) is 38.2 Å². The van der Waals surface area contributed by atoms with Crippen LogP contribution in [0.4, 0.5) is 10.2 Å². The van der Waals surface area contributed by atoms with E-state index in [1.165, 1.54) is 12.5 Å². The maximum absolute atomic E-state index is 13.8. The van der Waals surface area contributed by atoms with Crippen molar-refractivity contribution in [3.05, 3.63) is 18.3 Å². The second-order valence-corrected chi connectivity index (χ2v) is 5.82. The molecule has 2 aliphatic rings. The van der Waals surface area contributed by atoms with E-state index in [4.69, 9.17) is 0 Å². The average molecular weight is 265 g/mol. The molecule has 0 unspecified atom stereocenters. The van der Waals surface area contributed by atoms with Crippen molar-refractivity contribution in [1.29, 1.82) is 0 Å². The number of aliphatic hydroxyl groups is 1. The van der Waals surface area contributed by atoms with Crippen LogP contribution in [0.2, 0.25) is 0 Å². The molecule has 0 amide bonds. The molecular weight excluding hydrogens is 245 g/mol. The van der Waals surface area contributed by atoms with E-state index in [0.29, 0.717) is 18.3 Å². The summed E-state index contributed by atoms with van der Waals surface area (Å²) >= 11 is 0. The molecule has 4 nitrogen and oxygen atoms in total. The minimum Gasteiger partial charge on any atom is -0.390 e. The minimum atomic E-state index is -0.582. The van der Waals surface area contributed by atoms with E-state index in [9.17, 15) is 9.50 Å². The Bertz CT molecular complexity index is 470. The van der Waals surface area contributed by atoms with E-state index in [1.54, 1.807) is 0 Å². The van der Waals surface area contributed by atoms with Crippen LogP contribution in [-0.4, -0.2) is 33.8 Å². The monoisotopic (exact) mass is 265 g/mol. The number of nitrogens with zero attached hydrogens (tertiary/aromatic N) is 3. The number of aromatic nitrogens is 2. The van der Waals surface area contributed by atoms with Gasteiger partial charge in [0.2, 0.25) is 0 Å². The van der Waals surface area contributed by atoms with Crippen molar-refractivity contribution in [2.24, 2.45) is 11.8 Å². The van der Waals surface area contributed by atoms with Crippen molar-refractivity contribution >= 4 is 5.82 Å². The van der Waals surface area contributed by atoms with Gasteiger partial charge < -0.3 is 10.0 Å². The normalized spacial score (nSPS) is 34.4. The smallest absolute Gasteiger partial charge is 0.183 e. The quantitative estimate of drug-likeness (QED) is 0.888. The molecular formula is C14H20FN3O. The third-order valence-electron chi connectivity index (χ3n) is 4.88. The largest absolute Gasteiger partial charge is 0.390 e. The van der Waals surface area contributed by atoms with Gasteiger partial charge in [0.25, 0.3) is 0 Å². The van der Waals surface area contributed by atoms with Crippen molar-refractivity contribution in [3.63, 3.8) is 0 Å². The first kappa shape index (κ1) is 12.8. The van der Waals surface area contributed by atoms with E-state index in [-0.39, 0.29) is 11.7 Å². The summed E-state index contributed by atoms with van der Waals surface area (Å²) in [5, 5.41) is 10.7. The van der Waals surface area contributed by atoms with E-state index < -0.39 is 5.60 Å². The number of anilines is 1. The maximum atomic E-state index is 13.8. The number of fused-ring (bicyclic) bond motifs is 1. The lowest BCUT2D eigenvalue weighted by atomic mass is 9.69. The molecule has 19 heavy (non-hydrogen) atoms. The zero-order valence-corrected chi connectivity index (χ0v) is 11.2. The van der Waals surface area contributed by atoms with Gasteiger partial charge in [-0.15, -0.1) is 0 Å². The number of hydrogen-bond donors (Lipinski definition) is 1. The van der Waals surface area contributed by atoms with Gasteiger partial charge in [0.05, 0.1) is 11.8 Å². The number of rotatable bonds is 2. The predicted octanol–water partition coefficient (Wildman–Crippen LogP) is 1.99. The highest BCUT2D eigenvalue weighted by atomic mass is 19.1. The van der Waals surface area contributed by atoms with E-state index >= 15 is 0 Å². The van der Waals surface area contributed by atoms with Crippen LogP contribution in [0.3, 0.4) is 0 Å². The Hall–Kier alpha value is -1.23. The third kappa shape index (κ3) is 2.10. The molecule has 1 N–H and O–H groups in total. The first-order chi connectivity index (χ1) is 9.14. The number of halogens is 1. The van der Waals surface area contributed by atoms with E-state index in [2.05, 4.69) is 9.97 Å². The Morgan fingerprint density at radius 1 is 1.53 bits per heavy atom. The van der Waals surface area contributed by atoms with Gasteiger partial charge in [-0.05, 0) is 25.2 Å². The van der Waals surface area contributed by atoms with Crippen LogP contribution in [0, 0.1) is 17.7 Å². The molecule has 3 rings (SSSR count). The van der Waals surface area contributed by atoms with Crippen molar-refractivity contribution < 1.29 is 9.50 Å². The molecule has 1 aliphatic carbocycles. The fourth-order valence-corrected chi connectivity index (χ4v) is 3.78. The van der Waals surface area contributed by atoms with Crippen LogP contribution in [-0.2, 0) is 0 Å². The Labute approximate surface area is 112 Å². The molecule has 1 aliphatic heterocycles. The molecule has 1 saturated heterocycles. The molecule has 1 aromatic heterocycles. The predicted molar refractivity (Wildman–Crippen MR) is 70.3 cm³/mol. The summed E-state index contributed by atoms with van der Waals surface area (Å²) < 4.78 is 13.8. The third-order valence-corrected chi connectivity index (χ3v) is 4.88. The standard InChI is InChI=1S/C14H20FN3O/c1-2-14(19)5-3-4-10-7-18(8-11(10)14)13-12(15)6-16-9-17-13/h6,9-11,19H,2-5,7-8H2,1H3/t10-,11+,14-/m0/s1. The summed E-state index contributed by atoms with van der Waals surface area (Å²) in [7, 11) is 0. The lowest BCUT2D eigenvalue weighted by Crippen LogP contribution is -2.44. The van der Waals surface area contributed by atoms with Gasteiger partial charge in [0, 0.05) is 19.0 Å². The van der Waals surface area contributed by atoms with Gasteiger partial charge in [0.15, 0.2) is 11.6 Å². The average Bonchev–Trinajstić information content (AvgIpc) is 2.85. The molecule has 5 heteroatoms. The highest BCUT2D eigenvalue weighted by Gasteiger charge is 2.48. The van der Waals surface area contributed by atoms with Crippen molar-refractivity contribution in [2.75, 3.05) is 18.0 Å². The first-order valence-corrected chi connectivity index (χ1v) is 7.07. The van der Waals surface area contributed by atoms with Crippen molar-refractivity contribution in [1.82, 2.24) is 9.97 Å². The summed E-state index contributed by atoms with van der Waals surface area (Å²) in [5.74, 6) is 0.692. The number of hydrogen-bond acceptors (Lipinski definition) is 4. The van der Waals surface area contributed by atoms with Gasteiger partial charge in [-0.1, -0.05) is 13.3 Å². The van der Waals surface area contributed by atoms with Crippen LogP contribution in [0.15, 0.2) is 12.5 Å². The van der Waals surface area contributed by atoms with Gasteiger partial charge in [-0.3, -0.25) is 0 Å². The highest BCUT2D eigenvalue weighted by molar-refractivity contribution is 5.40. The van der Waals surface area contributed by atoms with Crippen molar-refractivity contribution in [3.8, 4) is 0 Å². The molecule has 0 aromatic carbocycles. The maximum Gasteiger partial charge on any atom is 0.183 e. The van der Waals surface area contributed by atoms with Crippen LogP contribution >= 0.6 is 0 Å². The second kappa shape index (κ2) is 4.71. The summed E-state index contributed by atoms with van der Waals surface area (Å²) in [4.78, 5) is 9.71. The fourth-order valence-electron chi connectivity index (χ4n) is 3.78. The summed E-state index contributed by atoms with van der Waals surface area (Å²) in [6.45, 7) is 3.53. The fraction of sp³-hybridized carbons (Fsp3) is 0.714. The minimum absolute atomic E-state index is 0.237. The van der Waals surface area contributed by atoms with Crippen LogP contribution < -0.4 is 4.90 Å². The zero-order chi connectivity index (χ0) is 13.5. The second-order valence-electron chi connectivity index (χ2n) is 5.82. The van der Waals surface area contributed by atoms with Gasteiger partial charge in [-0.25, -0.2) is 14.4 Å². The molecule has 0 spiro atoms. The van der Waals surface area contributed by atoms with Gasteiger partial charge in [-0.2, -0.15) is 0 Å². The zero-order valence-electron chi connectivity index (χ0n) is 11.2. The summed E-state index contributed by atoms with van der Waals surface area (Å²) in [6.07, 6.45) is 6.41. The first-order valence-electron chi connectivity index (χ1n) is 7.07. The Morgan fingerprint density at radius 2 is 2.37 bits per heavy atom. The van der Waals surface area contributed by atoms with Gasteiger partial charge >= 0.3 is 0 Å². The van der Waals surface area contributed by atoms with Crippen LogP contribution in [0.5, 0.6) is 0 Å². The lowest BCUT2D eigenvalue weighted by molar-refractivity contribution is -0.0597. The molecule has 2 heterocycles. The Balaban J connectivity index is 1.84. The molecule has 2 fully saturated rings. The molecule has 104 valence electrons. The van der Waals surface area contributed by atoms with Crippen LogP contribution in [0.1, 0.15) is 32.6 Å². The highest BCUT2D eigenvalue weighted by Crippen LogP contribution is 2.45. The molecule has 0 radical (unpaired) electrons. The Kier molecular flexibility index (Phi) is 3.17.